The summed E-state index contributed by atoms with van der Waals surface area (Å²) in [6, 6.07) is 3.09. The lowest BCUT2D eigenvalue weighted by Gasteiger charge is -2.44. The molecule has 2 aromatic heterocycles. The van der Waals surface area contributed by atoms with E-state index < -0.39 is 5.54 Å². The van der Waals surface area contributed by atoms with E-state index in [1.807, 2.05) is 0 Å². The van der Waals surface area contributed by atoms with E-state index in [9.17, 15) is 38.4 Å². The smallest absolute Gasteiger partial charge is 0.261 e. The molecule has 7 rings (SSSR count). The molecule has 610 valence electrons. The van der Waals surface area contributed by atoms with Gasteiger partial charge < -0.3 is 0 Å². The summed E-state index contributed by atoms with van der Waals surface area (Å²) in [6.07, 6.45) is 80.3. The minimum atomic E-state index is -0.399. The second kappa shape index (κ2) is 51.8. The number of aromatic nitrogens is 2. The van der Waals surface area contributed by atoms with Crippen LogP contribution >= 0.6 is 0 Å². The Hall–Kier alpha value is -4.74. The quantitative estimate of drug-likeness (QED) is 0.0400. The molecule has 2 aliphatic heterocycles. The Bertz CT molecular complexity index is 3210. The van der Waals surface area contributed by atoms with Gasteiger partial charge in [0.25, 0.3) is 45.9 Å². The first-order chi connectivity index (χ1) is 52.7. The van der Waals surface area contributed by atoms with Crippen molar-refractivity contribution in [3.05, 3.63) is 77.9 Å². The molecule has 3 aromatic rings. The molecule has 4 amide bonds. The average Bonchev–Trinajstić information content (AvgIpc) is 1.59. The molecule has 9 atom stereocenters. The van der Waals surface area contributed by atoms with E-state index in [4.69, 9.17) is 0 Å². The van der Waals surface area contributed by atoms with Crippen LogP contribution < -0.4 is 22.2 Å². The van der Waals surface area contributed by atoms with Crippen molar-refractivity contribution in [1.29, 1.82) is 0 Å². The minimum absolute atomic E-state index is 0.147. The van der Waals surface area contributed by atoms with Crippen molar-refractivity contribution in [2.45, 2.75) is 445 Å². The fourth-order valence-corrected chi connectivity index (χ4v) is 21.0. The van der Waals surface area contributed by atoms with E-state index >= 15 is 0 Å². The molecule has 9 unspecified atom stereocenters. The first-order valence-electron chi connectivity index (χ1n) is 46.7. The first kappa shape index (κ1) is 90.5. The lowest BCUT2D eigenvalue weighted by molar-refractivity contribution is -0.144. The van der Waals surface area contributed by atoms with Gasteiger partial charge in [-0.05, 0) is 150 Å². The number of fused-ring (bicyclic) bond motifs is 2. The van der Waals surface area contributed by atoms with Crippen molar-refractivity contribution < 1.29 is 19.2 Å². The van der Waals surface area contributed by atoms with Gasteiger partial charge in [0.1, 0.15) is 0 Å². The molecule has 4 heterocycles. The highest BCUT2D eigenvalue weighted by Crippen LogP contribution is 2.50. The maximum absolute atomic E-state index is 13.9. The molecule has 0 spiro atoms. The van der Waals surface area contributed by atoms with Gasteiger partial charge >= 0.3 is 0 Å². The summed E-state index contributed by atoms with van der Waals surface area (Å²) in [5.74, 6) is 6.07. The molecular weight excluding hydrogens is 1340 g/mol. The predicted octanol–water partition coefficient (Wildman–Crippen LogP) is 25.0. The van der Waals surface area contributed by atoms with E-state index in [1.165, 1.54) is 314 Å². The molecule has 2 fully saturated rings. The standard InChI is InChI=1S/C96H158N4O8/c1-7-12-17-21-33-45-57-80-76(53-41-19-14-9-3)61-63-78(55-43-31-23-27-37-49-70-96(6,69-16-11-5)100-90(103)67-68-91(100)104)82(80)60-48-36-26-30-40-52-73-99-94(107)86-74-84-85(75-87(86)95(99)108)93(106)98(92(84)105)72-51-39-28-24-32-44-56-79-64-62-77(54-42-20-15-10-4)81(58-46-34-22-18-13-8-2)83(79)59-47-35-25-29-38-50-71-97-88(101)65-66-89(97)102/h65-68,74-83H,7-64,69-73H2,1-6H3. The largest absolute Gasteiger partial charge is 0.275 e. The van der Waals surface area contributed by atoms with Crippen molar-refractivity contribution >= 4 is 45.2 Å². The fraction of sp³-hybridized carbons (Fsp3) is 0.812. The zero-order chi connectivity index (χ0) is 77.1. The highest BCUT2D eigenvalue weighted by atomic mass is 16.2. The van der Waals surface area contributed by atoms with Crippen LogP contribution in [0.3, 0.4) is 0 Å². The van der Waals surface area contributed by atoms with Gasteiger partial charge in [-0.25, -0.2) is 0 Å². The van der Waals surface area contributed by atoms with E-state index in [2.05, 4.69) is 41.5 Å². The van der Waals surface area contributed by atoms with E-state index in [0.29, 0.717) is 19.6 Å². The lowest BCUT2D eigenvalue weighted by atomic mass is 9.61. The van der Waals surface area contributed by atoms with Gasteiger partial charge in [0.2, 0.25) is 0 Å². The number of unbranched alkanes of at least 4 members (excludes halogenated alkanes) is 37. The predicted molar refractivity (Wildman–Crippen MR) is 453 cm³/mol. The van der Waals surface area contributed by atoms with Gasteiger partial charge in [0, 0.05) is 49.5 Å². The third kappa shape index (κ3) is 29.0. The van der Waals surface area contributed by atoms with Gasteiger partial charge in [-0.2, -0.15) is 0 Å². The van der Waals surface area contributed by atoms with Gasteiger partial charge in [-0.1, -0.05) is 336 Å². The Kier molecular flexibility index (Phi) is 43.4. The van der Waals surface area contributed by atoms with Crippen molar-refractivity contribution in [1.82, 2.24) is 18.9 Å². The number of benzene rings is 1. The molecular formula is C96H158N4O8. The van der Waals surface area contributed by atoms with Gasteiger partial charge in [0.05, 0.1) is 21.5 Å². The SMILES string of the molecule is CCCCCCCCC1C(CCCCCC)CCC(CCCCCCCCn2c(=O)c3cc4c(=O)n(CCCCCCCCC5C(CCCCCCCCC(C)(CCCC)N6C(=O)C=CC6=O)CCC(CCCCCC)C5CCCCCCCC)c(=O)c4cc3c2=O)C1CCCCCCCCN1C(=O)C=CC1=O. The third-order valence-corrected chi connectivity index (χ3v) is 27.4. The Morgan fingerprint density at radius 2 is 0.500 bits per heavy atom. The maximum atomic E-state index is 13.9. The number of rotatable bonds is 64. The second-order valence-corrected chi connectivity index (χ2v) is 35.6. The van der Waals surface area contributed by atoms with Crippen molar-refractivity contribution in [2.24, 2.45) is 47.3 Å². The van der Waals surface area contributed by atoms with Gasteiger partial charge in [0.15, 0.2) is 0 Å². The molecule has 0 saturated heterocycles. The Morgan fingerprint density at radius 1 is 0.269 bits per heavy atom. The molecule has 0 radical (unpaired) electrons. The number of carbonyl (C=O) groups is 4. The van der Waals surface area contributed by atoms with Gasteiger partial charge in [-0.3, -0.25) is 57.3 Å². The molecule has 2 aliphatic carbocycles. The monoisotopic (exact) mass is 1500 g/mol. The number of amides is 4. The highest BCUT2D eigenvalue weighted by molar-refractivity contribution is 6.14. The Labute approximate surface area is 656 Å². The summed E-state index contributed by atoms with van der Waals surface area (Å²) in [7, 11) is 0. The molecule has 4 aliphatic rings. The Morgan fingerprint density at radius 3 is 0.806 bits per heavy atom. The zero-order valence-electron chi connectivity index (χ0n) is 70.2. The number of imide groups is 2. The highest BCUT2D eigenvalue weighted by Gasteiger charge is 2.42. The van der Waals surface area contributed by atoms with Crippen LogP contribution in [0.25, 0.3) is 21.5 Å². The summed E-state index contributed by atoms with van der Waals surface area (Å²) < 4.78 is 2.71. The number of hydrogen-bond donors (Lipinski definition) is 0. The number of carbonyl (C=O) groups excluding carboxylic acids is 4. The summed E-state index contributed by atoms with van der Waals surface area (Å²) in [5, 5.41) is 1.03. The average molecular weight is 1500 g/mol. The van der Waals surface area contributed by atoms with Crippen LogP contribution in [0.4, 0.5) is 0 Å². The molecule has 12 heteroatoms. The van der Waals surface area contributed by atoms with E-state index in [1.54, 1.807) is 17.0 Å². The number of nitrogens with zero attached hydrogens (tertiary/aromatic N) is 4. The van der Waals surface area contributed by atoms with Crippen LogP contribution in [-0.4, -0.2) is 54.6 Å². The minimum Gasteiger partial charge on any atom is -0.275 e. The number of hydrogen-bond acceptors (Lipinski definition) is 8. The van der Waals surface area contributed by atoms with Crippen LogP contribution in [-0.2, 0) is 32.3 Å². The van der Waals surface area contributed by atoms with Crippen LogP contribution in [0.1, 0.15) is 427 Å². The van der Waals surface area contributed by atoms with Gasteiger partial charge in [-0.15, -0.1) is 0 Å². The normalized spacial score (nSPS) is 21.1. The van der Waals surface area contributed by atoms with E-state index in [0.717, 1.165) is 156 Å². The zero-order valence-corrected chi connectivity index (χ0v) is 70.2. The summed E-state index contributed by atoms with van der Waals surface area (Å²) in [4.78, 5) is 108. The van der Waals surface area contributed by atoms with Crippen LogP contribution in [0.2, 0.25) is 0 Å². The molecule has 2 saturated carbocycles. The fourth-order valence-electron chi connectivity index (χ4n) is 21.0. The maximum Gasteiger partial charge on any atom is 0.261 e. The second-order valence-electron chi connectivity index (χ2n) is 35.6. The van der Waals surface area contributed by atoms with Crippen LogP contribution in [0, 0.1) is 47.3 Å². The third-order valence-electron chi connectivity index (χ3n) is 27.4. The van der Waals surface area contributed by atoms with Crippen molar-refractivity contribution in [3.63, 3.8) is 0 Å². The summed E-state index contributed by atoms with van der Waals surface area (Å²) >= 11 is 0. The van der Waals surface area contributed by atoms with Crippen LogP contribution in [0.5, 0.6) is 0 Å². The van der Waals surface area contributed by atoms with Crippen molar-refractivity contribution in [3.8, 4) is 0 Å². The van der Waals surface area contributed by atoms with E-state index in [-0.39, 0.29) is 67.4 Å². The molecule has 12 nitrogen and oxygen atoms in total. The van der Waals surface area contributed by atoms with Crippen LogP contribution in [0.15, 0.2) is 55.6 Å². The molecule has 1 aromatic carbocycles. The summed E-state index contributed by atoms with van der Waals surface area (Å²) in [6.45, 7) is 14.8. The topological polar surface area (TPSA) is 153 Å². The lowest BCUT2D eigenvalue weighted by Crippen LogP contribution is -2.49. The molecule has 0 N–H and O–H groups in total. The summed E-state index contributed by atoms with van der Waals surface area (Å²) in [5.41, 5.74) is -1.78. The first-order valence-corrected chi connectivity index (χ1v) is 46.7. The Balaban J connectivity index is 0.849. The van der Waals surface area contributed by atoms with Crippen molar-refractivity contribution in [2.75, 3.05) is 6.54 Å². The molecule has 108 heavy (non-hydrogen) atoms. The molecule has 0 bridgehead atoms.